The van der Waals surface area contributed by atoms with Crippen LogP contribution in [-0.4, -0.2) is 69.1 Å². The number of morpholine rings is 1. The average molecular weight is 469 g/mol. The van der Waals surface area contributed by atoms with Crippen molar-refractivity contribution in [1.82, 2.24) is 24.8 Å². The molecule has 0 aliphatic carbocycles. The maximum atomic E-state index is 14.8. The number of rotatable bonds is 3. The number of nitrogens with zero attached hydrogens (tertiary/aromatic N) is 6. The number of carbonyl (C=O) groups is 1. The number of hydrogen-bond acceptors (Lipinski definition) is 7. The molecule has 0 bridgehead atoms. The van der Waals surface area contributed by atoms with Crippen molar-refractivity contribution in [2.45, 2.75) is 39.9 Å². The number of fused-ring (bicyclic) bond motifs is 1. The maximum absolute atomic E-state index is 14.8. The normalized spacial score (nSPS) is 21.1. The highest BCUT2D eigenvalue weighted by Crippen LogP contribution is 2.32. The van der Waals surface area contributed by atoms with Crippen LogP contribution in [0.15, 0.2) is 18.2 Å². The van der Waals surface area contributed by atoms with E-state index in [-0.39, 0.29) is 35.3 Å². The van der Waals surface area contributed by atoms with Crippen molar-refractivity contribution in [3.63, 3.8) is 0 Å². The van der Waals surface area contributed by atoms with Crippen LogP contribution in [0.4, 0.5) is 14.7 Å². The highest BCUT2D eigenvalue weighted by molar-refractivity contribution is 5.88. The minimum Gasteiger partial charge on any atom is -0.371 e. The van der Waals surface area contributed by atoms with E-state index in [1.54, 1.807) is 11.8 Å². The number of anilines is 1. The molecule has 0 radical (unpaired) electrons. The van der Waals surface area contributed by atoms with E-state index in [4.69, 9.17) is 9.72 Å². The second kappa shape index (κ2) is 8.50. The number of ether oxygens (including phenoxy) is 1. The molecule has 2 aromatic heterocycles. The van der Waals surface area contributed by atoms with Gasteiger partial charge >= 0.3 is 0 Å². The summed E-state index contributed by atoms with van der Waals surface area (Å²) < 4.78 is 34.6. The van der Waals surface area contributed by atoms with Crippen molar-refractivity contribution >= 4 is 23.0 Å². The molecule has 34 heavy (non-hydrogen) atoms. The lowest BCUT2D eigenvalue weighted by atomic mass is 9.92. The highest BCUT2D eigenvalue weighted by Gasteiger charge is 2.40. The number of hydrogen-bond donors (Lipinski definition) is 0. The molecule has 2 fully saturated rings. The molecule has 2 aliphatic heterocycles. The van der Waals surface area contributed by atoms with Gasteiger partial charge in [0.2, 0.25) is 11.9 Å². The lowest BCUT2D eigenvalue weighted by Gasteiger charge is -2.47. The average Bonchev–Trinajstić information content (AvgIpc) is 2.72. The van der Waals surface area contributed by atoms with Crippen molar-refractivity contribution in [1.29, 1.82) is 0 Å². The Hall–Kier alpha value is -3.27. The standard InChI is InChI=1S/C24H26F2N6O2/c1-12-8-32(11-20(34-12)16-9-31(10-16)15(4)33)24-29-21(18-6-5-17(25)7-19(18)26)22-23(30-24)28-14(3)13(2)27-22/h5-7,12,16,20H,8-11H2,1-4H3/t12-,20-/m1/s1. The molecule has 0 N–H and O–H groups in total. The van der Waals surface area contributed by atoms with Gasteiger partial charge in [0.15, 0.2) is 5.65 Å². The number of carbonyl (C=O) groups excluding carboxylic acids is 1. The molecule has 1 amide bonds. The summed E-state index contributed by atoms with van der Waals surface area (Å²) in [5.74, 6) is -0.703. The molecule has 0 saturated carbocycles. The van der Waals surface area contributed by atoms with Crippen LogP contribution in [-0.2, 0) is 9.53 Å². The first kappa shape index (κ1) is 22.5. The van der Waals surface area contributed by atoms with Gasteiger partial charge in [-0.3, -0.25) is 4.79 Å². The molecule has 10 heteroatoms. The number of halogens is 2. The Bertz CT molecular complexity index is 1280. The third kappa shape index (κ3) is 4.06. The van der Waals surface area contributed by atoms with Crippen LogP contribution in [0.5, 0.6) is 0 Å². The second-order valence-electron chi connectivity index (χ2n) is 9.14. The Balaban J connectivity index is 1.55. The summed E-state index contributed by atoms with van der Waals surface area (Å²) in [5.41, 5.74) is 2.54. The fourth-order valence-electron chi connectivity index (χ4n) is 4.53. The number of benzene rings is 1. The third-order valence-electron chi connectivity index (χ3n) is 6.57. The molecule has 0 spiro atoms. The highest BCUT2D eigenvalue weighted by atomic mass is 19.1. The third-order valence-corrected chi connectivity index (χ3v) is 6.57. The predicted molar refractivity (Wildman–Crippen MR) is 122 cm³/mol. The van der Waals surface area contributed by atoms with Crippen LogP contribution in [0.1, 0.15) is 25.2 Å². The molecule has 2 atom stereocenters. The van der Waals surface area contributed by atoms with Gasteiger partial charge in [0.05, 0.1) is 23.6 Å². The number of likely N-dealkylation sites (tertiary alicyclic amines) is 1. The van der Waals surface area contributed by atoms with E-state index in [0.29, 0.717) is 49.0 Å². The maximum Gasteiger partial charge on any atom is 0.228 e. The zero-order valence-corrected chi connectivity index (χ0v) is 19.5. The molecule has 4 heterocycles. The second-order valence-corrected chi connectivity index (χ2v) is 9.14. The fraction of sp³-hybridized carbons (Fsp3) is 0.458. The zero-order valence-electron chi connectivity index (χ0n) is 19.5. The van der Waals surface area contributed by atoms with Gasteiger partial charge in [-0.05, 0) is 32.9 Å². The van der Waals surface area contributed by atoms with E-state index >= 15 is 0 Å². The van der Waals surface area contributed by atoms with E-state index in [1.807, 2.05) is 25.7 Å². The van der Waals surface area contributed by atoms with Crippen LogP contribution in [0.2, 0.25) is 0 Å². The van der Waals surface area contributed by atoms with E-state index in [1.165, 1.54) is 12.1 Å². The summed E-state index contributed by atoms with van der Waals surface area (Å²) >= 11 is 0. The minimum atomic E-state index is -0.724. The molecule has 178 valence electrons. The molecule has 0 unspecified atom stereocenters. The summed E-state index contributed by atoms with van der Waals surface area (Å²) in [4.78, 5) is 33.9. The molecule has 3 aromatic rings. The van der Waals surface area contributed by atoms with E-state index in [2.05, 4.69) is 15.0 Å². The van der Waals surface area contributed by atoms with Crippen LogP contribution in [0, 0.1) is 31.4 Å². The van der Waals surface area contributed by atoms with E-state index in [9.17, 15) is 13.6 Å². The predicted octanol–water partition coefficient (Wildman–Crippen LogP) is 3.05. The van der Waals surface area contributed by atoms with Gasteiger partial charge in [0.25, 0.3) is 0 Å². The summed E-state index contributed by atoms with van der Waals surface area (Å²) in [6.07, 6.45) is -0.170. The van der Waals surface area contributed by atoms with Crippen LogP contribution >= 0.6 is 0 Å². The van der Waals surface area contributed by atoms with Gasteiger partial charge in [-0.15, -0.1) is 0 Å². The Kier molecular flexibility index (Phi) is 5.63. The van der Waals surface area contributed by atoms with E-state index < -0.39 is 11.6 Å². The first-order chi connectivity index (χ1) is 16.2. The zero-order chi connectivity index (χ0) is 24.1. The molecule has 2 saturated heterocycles. The molecular weight excluding hydrogens is 442 g/mol. The van der Waals surface area contributed by atoms with Crippen molar-refractivity contribution in [3.8, 4) is 11.3 Å². The van der Waals surface area contributed by atoms with Gasteiger partial charge in [-0.25, -0.2) is 23.7 Å². The van der Waals surface area contributed by atoms with Crippen molar-refractivity contribution in [2.75, 3.05) is 31.1 Å². The summed E-state index contributed by atoms with van der Waals surface area (Å²) in [6.45, 7) is 9.62. The smallest absolute Gasteiger partial charge is 0.228 e. The Morgan fingerprint density at radius 1 is 1.03 bits per heavy atom. The number of aromatic nitrogens is 4. The van der Waals surface area contributed by atoms with Crippen molar-refractivity contribution < 1.29 is 18.3 Å². The monoisotopic (exact) mass is 468 g/mol. The van der Waals surface area contributed by atoms with Gasteiger partial charge in [-0.2, -0.15) is 4.98 Å². The molecule has 1 aromatic carbocycles. The van der Waals surface area contributed by atoms with Crippen molar-refractivity contribution in [3.05, 3.63) is 41.2 Å². The van der Waals surface area contributed by atoms with Gasteiger partial charge in [0, 0.05) is 50.7 Å². The Morgan fingerprint density at radius 2 is 1.76 bits per heavy atom. The number of amides is 1. The quantitative estimate of drug-likeness (QED) is 0.584. The number of aryl methyl sites for hydroxylation is 2. The van der Waals surface area contributed by atoms with Crippen LogP contribution < -0.4 is 4.90 Å². The molecule has 8 nitrogen and oxygen atoms in total. The minimum absolute atomic E-state index is 0.0602. The van der Waals surface area contributed by atoms with Crippen molar-refractivity contribution in [2.24, 2.45) is 5.92 Å². The molecule has 2 aliphatic rings. The fourth-order valence-corrected chi connectivity index (χ4v) is 4.53. The molecular formula is C24H26F2N6O2. The lowest BCUT2D eigenvalue weighted by Crippen LogP contribution is -2.60. The van der Waals surface area contributed by atoms with Gasteiger partial charge in [0.1, 0.15) is 22.8 Å². The van der Waals surface area contributed by atoms with Gasteiger partial charge in [-0.1, -0.05) is 0 Å². The van der Waals surface area contributed by atoms with Crippen LogP contribution in [0.3, 0.4) is 0 Å². The largest absolute Gasteiger partial charge is 0.371 e. The first-order valence-corrected chi connectivity index (χ1v) is 11.3. The lowest BCUT2D eigenvalue weighted by molar-refractivity contribution is -0.142. The Labute approximate surface area is 196 Å². The SMILES string of the molecule is CC(=O)N1CC([C@H]2CN(c3nc(-c4ccc(F)cc4F)c4nc(C)c(C)nc4n3)C[C@@H](C)O2)C1. The topological polar surface area (TPSA) is 84.3 Å². The molecule has 5 rings (SSSR count). The van der Waals surface area contributed by atoms with Gasteiger partial charge < -0.3 is 14.5 Å². The summed E-state index contributed by atoms with van der Waals surface area (Å²) in [5, 5.41) is 0. The van der Waals surface area contributed by atoms with E-state index in [0.717, 1.165) is 11.8 Å². The van der Waals surface area contributed by atoms with Crippen LogP contribution in [0.25, 0.3) is 22.4 Å². The first-order valence-electron chi connectivity index (χ1n) is 11.3. The summed E-state index contributed by atoms with van der Waals surface area (Å²) in [7, 11) is 0. The summed E-state index contributed by atoms with van der Waals surface area (Å²) in [6, 6.07) is 3.40. The Morgan fingerprint density at radius 3 is 2.47 bits per heavy atom.